The summed E-state index contributed by atoms with van der Waals surface area (Å²) in [6, 6.07) is 6.07. The number of hydrogen-bond acceptors (Lipinski definition) is 3. The number of pyridine rings is 2. The fourth-order valence-electron chi connectivity index (χ4n) is 2.36. The van der Waals surface area contributed by atoms with E-state index in [0.29, 0.717) is 0 Å². The number of aromatic nitrogens is 2. The molecular weight excluding hydrogens is 335 g/mol. The van der Waals surface area contributed by atoms with Crippen molar-refractivity contribution in [3.8, 4) is 0 Å². The molecule has 2 aromatic heterocycles. The number of carbonyl (C=O) groups is 1. The SMILES string of the molecule is Cc1ccnc(NC(=O)c2c[nH]c3cc(C(F)(F)F)ccc3c2=O)c1. The maximum Gasteiger partial charge on any atom is 0.416 e. The van der Waals surface area contributed by atoms with E-state index in [0.717, 1.165) is 30.0 Å². The minimum Gasteiger partial charge on any atom is -0.360 e. The van der Waals surface area contributed by atoms with Crippen LogP contribution >= 0.6 is 0 Å². The van der Waals surface area contributed by atoms with Crippen molar-refractivity contribution in [2.75, 3.05) is 5.32 Å². The lowest BCUT2D eigenvalue weighted by molar-refractivity contribution is -0.137. The molecule has 0 bridgehead atoms. The molecule has 2 N–H and O–H groups in total. The van der Waals surface area contributed by atoms with Crippen molar-refractivity contribution in [2.24, 2.45) is 0 Å². The summed E-state index contributed by atoms with van der Waals surface area (Å²) in [5.41, 5.74) is -0.873. The molecule has 3 aromatic rings. The Labute approximate surface area is 139 Å². The van der Waals surface area contributed by atoms with E-state index < -0.39 is 23.1 Å². The predicted molar refractivity (Wildman–Crippen MR) is 86.5 cm³/mol. The molecule has 0 fully saturated rings. The van der Waals surface area contributed by atoms with E-state index in [2.05, 4.69) is 15.3 Å². The van der Waals surface area contributed by atoms with Gasteiger partial charge in [-0.3, -0.25) is 9.59 Å². The normalized spacial score (nSPS) is 11.5. The number of carbonyl (C=O) groups excluding carboxylic acids is 1. The van der Waals surface area contributed by atoms with Crippen LogP contribution in [0.3, 0.4) is 0 Å². The van der Waals surface area contributed by atoms with Crippen molar-refractivity contribution < 1.29 is 18.0 Å². The summed E-state index contributed by atoms with van der Waals surface area (Å²) in [6.45, 7) is 1.82. The fraction of sp³-hybridized carbons (Fsp3) is 0.118. The smallest absolute Gasteiger partial charge is 0.360 e. The maximum absolute atomic E-state index is 12.7. The molecule has 0 spiro atoms. The Kier molecular flexibility index (Phi) is 4.03. The van der Waals surface area contributed by atoms with Crippen molar-refractivity contribution >= 4 is 22.6 Å². The Bertz CT molecular complexity index is 1030. The molecule has 1 aromatic carbocycles. The predicted octanol–water partition coefficient (Wildman–Crippen LogP) is 3.50. The summed E-state index contributed by atoms with van der Waals surface area (Å²) in [4.78, 5) is 31.2. The number of fused-ring (bicyclic) bond motifs is 1. The number of aromatic amines is 1. The van der Waals surface area contributed by atoms with Crippen LogP contribution in [0.1, 0.15) is 21.5 Å². The number of H-pyrrole nitrogens is 1. The average Bonchev–Trinajstić information content (AvgIpc) is 2.54. The third-order valence-corrected chi connectivity index (χ3v) is 3.61. The van der Waals surface area contributed by atoms with Gasteiger partial charge in [0.25, 0.3) is 5.91 Å². The standard InChI is InChI=1S/C17H12F3N3O2/c1-9-4-5-21-14(6-9)23-16(25)12-8-22-13-7-10(17(18,19)20)2-3-11(13)15(12)24/h2-8H,1H3,(H,22,24)(H,21,23,25). The van der Waals surface area contributed by atoms with Gasteiger partial charge in [-0.05, 0) is 42.8 Å². The van der Waals surface area contributed by atoms with Crippen LogP contribution in [-0.2, 0) is 6.18 Å². The highest BCUT2D eigenvalue weighted by molar-refractivity contribution is 6.05. The third kappa shape index (κ3) is 3.37. The molecule has 0 aliphatic heterocycles. The van der Waals surface area contributed by atoms with Gasteiger partial charge in [0.15, 0.2) is 0 Å². The molecule has 1 amide bonds. The Balaban J connectivity index is 1.99. The van der Waals surface area contributed by atoms with Gasteiger partial charge in [0.1, 0.15) is 11.4 Å². The molecule has 25 heavy (non-hydrogen) atoms. The number of aryl methyl sites for hydroxylation is 1. The first-order valence-electron chi connectivity index (χ1n) is 7.22. The molecule has 0 aliphatic carbocycles. The molecule has 0 aliphatic rings. The number of rotatable bonds is 2. The minimum absolute atomic E-state index is 0.00199. The first kappa shape index (κ1) is 16.7. The molecule has 0 saturated heterocycles. The molecule has 0 saturated carbocycles. The van der Waals surface area contributed by atoms with Crippen LogP contribution in [0.15, 0.2) is 47.5 Å². The van der Waals surface area contributed by atoms with E-state index in [1.165, 1.54) is 6.20 Å². The molecule has 0 radical (unpaired) electrons. The highest BCUT2D eigenvalue weighted by atomic mass is 19.4. The van der Waals surface area contributed by atoms with Gasteiger partial charge in [-0.2, -0.15) is 13.2 Å². The zero-order chi connectivity index (χ0) is 18.2. The number of hydrogen-bond donors (Lipinski definition) is 2. The first-order valence-corrected chi connectivity index (χ1v) is 7.22. The maximum atomic E-state index is 12.7. The lowest BCUT2D eigenvalue weighted by Gasteiger charge is -2.09. The van der Waals surface area contributed by atoms with E-state index in [1.807, 2.05) is 6.92 Å². The number of alkyl halides is 3. The molecular formula is C17H12F3N3O2. The molecule has 2 heterocycles. The van der Waals surface area contributed by atoms with Gasteiger partial charge in [-0.15, -0.1) is 0 Å². The zero-order valence-corrected chi connectivity index (χ0v) is 12.9. The Morgan fingerprint density at radius 1 is 1.20 bits per heavy atom. The molecule has 0 unspecified atom stereocenters. The van der Waals surface area contributed by atoms with E-state index in [9.17, 15) is 22.8 Å². The molecule has 3 rings (SSSR count). The minimum atomic E-state index is -4.52. The number of nitrogens with zero attached hydrogens (tertiary/aromatic N) is 1. The van der Waals surface area contributed by atoms with Crippen LogP contribution in [0.5, 0.6) is 0 Å². The Morgan fingerprint density at radius 3 is 2.64 bits per heavy atom. The van der Waals surface area contributed by atoms with Crippen molar-refractivity contribution in [2.45, 2.75) is 13.1 Å². The van der Waals surface area contributed by atoms with Gasteiger partial charge in [0.05, 0.1) is 5.56 Å². The van der Waals surface area contributed by atoms with E-state index in [1.54, 1.807) is 12.1 Å². The van der Waals surface area contributed by atoms with Crippen LogP contribution in [-0.4, -0.2) is 15.9 Å². The summed E-state index contributed by atoms with van der Waals surface area (Å²) in [5.74, 6) is -0.418. The van der Waals surface area contributed by atoms with E-state index >= 15 is 0 Å². The average molecular weight is 347 g/mol. The van der Waals surface area contributed by atoms with Crippen molar-refractivity contribution in [1.82, 2.24) is 9.97 Å². The Hall–Kier alpha value is -3.16. The molecule has 8 heteroatoms. The van der Waals surface area contributed by atoms with Gasteiger partial charge in [0, 0.05) is 23.3 Å². The zero-order valence-electron chi connectivity index (χ0n) is 12.9. The van der Waals surface area contributed by atoms with Crippen LogP contribution < -0.4 is 10.7 Å². The number of anilines is 1. The largest absolute Gasteiger partial charge is 0.416 e. The number of nitrogens with one attached hydrogen (secondary N) is 2. The summed E-state index contributed by atoms with van der Waals surface area (Å²) >= 11 is 0. The summed E-state index contributed by atoms with van der Waals surface area (Å²) in [7, 11) is 0. The van der Waals surface area contributed by atoms with Gasteiger partial charge in [0.2, 0.25) is 5.43 Å². The quantitative estimate of drug-likeness (QED) is 0.745. The number of amides is 1. The molecule has 128 valence electrons. The highest BCUT2D eigenvalue weighted by Crippen LogP contribution is 2.30. The summed E-state index contributed by atoms with van der Waals surface area (Å²) in [5, 5.41) is 2.49. The third-order valence-electron chi connectivity index (χ3n) is 3.61. The second kappa shape index (κ2) is 6.04. The number of halogens is 3. The molecule has 0 atom stereocenters. The van der Waals surface area contributed by atoms with Crippen LogP contribution in [0.4, 0.5) is 19.0 Å². The first-order chi connectivity index (χ1) is 11.8. The van der Waals surface area contributed by atoms with Crippen LogP contribution in [0.25, 0.3) is 10.9 Å². The second-order valence-electron chi connectivity index (χ2n) is 5.46. The van der Waals surface area contributed by atoms with Crippen LogP contribution in [0, 0.1) is 6.92 Å². The summed E-state index contributed by atoms with van der Waals surface area (Å²) in [6.07, 6.45) is -1.91. The Morgan fingerprint density at radius 2 is 1.96 bits per heavy atom. The lowest BCUT2D eigenvalue weighted by atomic mass is 10.1. The lowest BCUT2D eigenvalue weighted by Crippen LogP contribution is -2.22. The van der Waals surface area contributed by atoms with Crippen molar-refractivity contribution in [3.63, 3.8) is 0 Å². The van der Waals surface area contributed by atoms with E-state index in [4.69, 9.17) is 0 Å². The topological polar surface area (TPSA) is 74.8 Å². The van der Waals surface area contributed by atoms with Crippen molar-refractivity contribution in [1.29, 1.82) is 0 Å². The molecule has 5 nitrogen and oxygen atoms in total. The van der Waals surface area contributed by atoms with Gasteiger partial charge in [-0.25, -0.2) is 4.98 Å². The van der Waals surface area contributed by atoms with Gasteiger partial charge >= 0.3 is 6.18 Å². The monoisotopic (exact) mass is 347 g/mol. The fourth-order valence-corrected chi connectivity index (χ4v) is 2.36. The van der Waals surface area contributed by atoms with Gasteiger partial charge < -0.3 is 10.3 Å². The second-order valence-corrected chi connectivity index (χ2v) is 5.46. The van der Waals surface area contributed by atoms with Crippen molar-refractivity contribution in [3.05, 3.63) is 69.6 Å². The van der Waals surface area contributed by atoms with E-state index in [-0.39, 0.29) is 22.3 Å². The summed E-state index contributed by atoms with van der Waals surface area (Å²) < 4.78 is 38.2. The number of benzene rings is 1. The van der Waals surface area contributed by atoms with Gasteiger partial charge in [-0.1, -0.05) is 0 Å². The van der Waals surface area contributed by atoms with Crippen LogP contribution in [0.2, 0.25) is 0 Å². The highest BCUT2D eigenvalue weighted by Gasteiger charge is 2.30.